The summed E-state index contributed by atoms with van der Waals surface area (Å²) >= 11 is 23.2. The summed E-state index contributed by atoms with van der Waals surface area (Å²) in [6.45, 7) is 0.979. The fourth-order valence-electron chi connectivity index (χ4n) is 3.76. The molecular formula is C26H25Cl4N5O7. The lowest BCUT2D eigenvalue weighted by Gasteiger charge is -2.20. The Hall–Kier alpha value is -3.58. The van der Waals surface area contributed by atoms with Gasteiger partial charge in [0.05, 0.1) is 35.0 Å². The lowest BCUT2D eigenvalue weighted by atomic mass is 10.1. The van der Waals surface area contributed by atoms with Crippen molar-refractivity contribution in [3.63, 3.8) is 0 Å². The quantitative estimate of drug-likeness (QED) is 0.164. The van der Waals surface area contributed by atoms with Crippen LogP contribution in [0.1, 0.15) is 39.6 Å². The molecule has 0 atom stereocenters. The number of carbonyl (C=O) groups is 5. The maximum Gasteiger partial charge on any atom is 0.412 e. The topological polar surface area (TPSA) is 158 Å². The number of esters is 1. The van der Waals surface area contributed by atoms with Gasteiger partial charge in [-0.05, 0) is 31.2 Å². The van der Waals surface area contributed by atoms with Crippen LogP contribution in [0.2, 0.25) is 5.02 Å². The van der Waals surface area contributed by atoms with Crippen molar-refractivity contribution in [2.45, 2.75) is 17.1 Å². The molecule has 0 spiro atoms. The standard InChI is InChI=1S/C26H25Cl4N5O7/c1-3-41-19(37)10-11-35-12-18(36)34(2)17-9-8-16(21(27)20(17)24(35)39)32-23(38)15-6-4-14(5-7-15)22(31)33-25(40)42-13-26(28,29)30/h4-9H,3,10-13H2,1-2H3,(H,32,38)(H2,31,33,40). The van der Waals surface area contributed by atoms with E-state index in [9.17, 15) is 24.0 Å². The highest BCUT2D eigenvalue weighted by molar-refractivity contribution is 6.67. The third-order valence-electron chi connectivity index (χ3n) is 5.85. The number of likely N-dealkylation sites (N-methyl/N-ethyl adjacent to an activating group) is 1. The van der Waals surface area contributed by atoms with Gasteiger partial charge in [-0.1, -0.05) is 58.5 Å². The molecule has 12 nitrogen and oxygen atoms in total. The number of fused-ring (bicyclic) bond motifs is 1. The fraction of sp³-hybridized carbons (Fsp3) is 0.308. The number of alkyl halides is 3. The summed E-state index contributed by atoms with van der Waals surface area (Å²) in [5.74, 6) is -2.41. The molecule has 42 heavy (non-hydrogen) atoms. The number of alkyl carbamates (subject to hydrolysis) is 1. The lowest BCUT2D eigenvalue weighted by molar-refractivity contribution is -0.143. The smallest absolute Gasteiger partial charge is 0.412 e. The van der Waals surface area contributed by atoms with Crippen molar-refractivity contribution in [3.05, 3.63) is 58.1 Å². The summed E-state index contributed by atoms with van der Waals surface area (Å²) in [5.41, 5.74) is 0.766. The van der Waals surface area contributed by atoms with E-state index in [1.54, 1.807) is 6.92 Å². The van der Waals surface area contributed by atoms with Crippen LogP contribution in [0.25, 0.3) is 0 Å². The van der Waals surface area contributed by atoms with E-state index in [1.165, 1.54) is 53.2 Å². The molecule has 0 fully saturated rings. The van der Waals surface area contributed by atoms with Gasteiger partial charge in [0.15, 0.2) is 0 Å². The molecule has 1 aliphatic rings. The molecule has 0 saturated heterocycles. The molecule has 0 aromatic heterocycles. The number of rotatable bonds is 8. The molecule has 1 heterocycles. The van der Waals surface area contributed by atoms with E-state index in [0.717, 1.165) is 0 Å². The van der Waals surface area contributed by atoms with Gasteiger partial charge in [-0.15, -0.1) is 0 Å². The number of amidine groups is 1. The average molecular weight is 661 g/mol. The molecule has 2 aromatic rings. The first-order chi connectivity index (χ1) is 19.7. The van der Waals surface area contributed by atoms with Crippen LogP contribution in [0.15, 0.2) is 36.4 Å². The fourth-order valence-corrected chi connectivity index (χ4v) is 4.21. The zero-order valence-electron chi connectivity index (χ0n) is 22.3. The molecule has 0 saturated carbocycles. The Morgan fingerprint density at radius 3 is 2.29 bits per heavy atom. The number of amides is 4. The Balaban J connectivity index is 1.75. The van der Waals surface area contributed by atoms with Crippen molar-refractivity contribution in [3.8, 4) is 0 Å². The summed E-state index contributed by atoms with van der Waals surface area (Å²) in [6.07, 6.45) is -1.12. The Bertz CT molecular complexity index is 1410. The van der Waals surface area contributed by atoms with Gasteiger partial charge in [0.2, 0.25) is 9.70 Å². The third-order valence-corrected chi connectivity index (χ3v) is 6.57. The number of benzene rings is 2. The normalized spacial score (nSPS) is 13.2. The molecule has 16 heteroatoms. The van der Waals surface area contributed by atoms with Gasteiger partial charge in [-0.3, -0.25) is 29.9 Å². The number of nitrogens with zero attached hydrogens (tertiary/aromatic N) is 2. The molecule has 0 radical (unpaired) electrons. The molecule has 1 aliphatic heterocycles. The predicted octanol–water partition coefficient (Wildman–Crippen LogP) is 4.39. The molecule has 2 aromatic carbocycles. The lowest BCUT2D eigenvalue weighted by Crippen LogP contribution is -2.39. The van der Waals surface area contributed by atoms with Crippen LogP contribution in [0.5, 0.6) is 0 Å². The molecule has 3 rings (SSSR count). The monoisotopic (exact) mass is 659 g/mol. The van der Waals surface area contributed by atoms with E-state index in [-0.39, 0.29) is 65.0 Å². The number of hydrogen-bond acceptors (Lipinski definition) is 8. The van der Waals surface area contributed by atoms with Gasteiger partial charge >= 0.3 is 12.1 Å². The highest BCUT2D eigenvalue weighted by Gasteiger charge is 2.33. The molecule has 0 aliphatic carbocycles. The van der Waals surface area contributed by atoms with Crippen LogP contribution >= 0.6 is 46.4 Å². The van der Waals surface area contributed by atoms with Gasteiger partial charge in [0, 0.05) is 24.7 Å². The maximum absolute atomic E-state index is 13.4. The van der Waals surface area contributed by atoms with E-state index in [0.29, 0.717) is 0 Å². The van der Waals surface area contributed by atoms with E-state index in [2.05, 4.69) is 10.6 Å². The first-order valence-electron chi connectivity index (χ1n) is 12.3. The van der Waals surface area contributed by atoms with Crippen molar-refractivity contribution >= 4 is 93.4 Å². The Morgan fingerprint density at radius 2 is 1.67 bits per heavy atom. The number of anilines is 2. The van der Waals surface area contributed by atoms with Crippen LogP contribution in [0.3, 0.4) is 0 Å². The summed E-state index contributed by atoms with van der Waals surface area (Å²) in [5, 5.41) is 12.7. The summed E-state index contributed by atoms with van der Waals surface area (Å²) < 4.78 is 7.82. The van der Waals surface area contributed by atoms with Crippen LogP contribution in [0.4, 0.5) is 16.2 Å². The number of nitrogens with one attached hydrogen (secondary N) is 3. The zero-order valence-corrected chi connectivity index (χ0v) is 25.3. The van der Waals surface area contributed by atoms with Crippen molar-refractivity contribution in [2.24, 2.45) is 0 Å². The minimum absolute atomic E-state index is 0.0110. The second-order valence-corrected chi connectivity index (χ2v) is 11.7. The highest BCUT2D eigenvalue weighted by atomic mass is 35.6. The Kier molecular flexibility index (Phi) is 11.0. The number of ether oxygens (including phenoxy) is 2. The largest absolute Gasteiger partial charge is 0.466 e. The Labute approximate surface area is 260 Å². The van der Waals surface area contributed by atoms with E-state index >= 15 is 0 Å². The average Bonchev–Trinajstić information content (AvgIpc) is 3.02. The van der Waals surface area contributed by atoms with Crippen LogP contribution in [0, 0.1) is 5.41 Å². The van der Waals surface area contributed by atoms with Gasteiger partial charge in [0.1, 0.15) is 19.0 Å². The minimum Gasteiger partial charge on any atom is -0.466 e. The molecule has 0 unspecified atom stereocenters. The minimum atomic E-state index is -1.81. The summed E-state index contributed by atoms with van der Waals surface area (Å²) in [6, 6.07) is 8.58. The van der Waals surface area contributed by atoms with Crippen molar-refractivity contribution in [2.75, 3.05) is 43.6 Å². The second-order valence-electron chi connectivity index (χ2n) is 8.78. The number of carbonyl (C=O) groups excluding carboxylic acids is 5. The zero-order chi connectivity index (χ0) is 31.2. The van der Waals surface area contributed by atoms with Crippen LogP contribution < -0.4 is 15.5 Å². The van der Waals surface area contributed by atoms with Crippen LogP contribution in [-0.2, 0) is 19.1 Å². The SMILES string of the molecule is CCOC(=O)CCN1CC(=O)N(C)c2ccc(NC(=O)c3ccc(C(=N)NC(=O)OCC(Cl)(Cl)Cl)cc3)c(Cl)c2C1=O. The van der Waals surface area contributed by atoms with E-state index in [4.69, 9.17) is 61.3 Å². The molecule has 224 valence electrons. The van der Waals surface area contributed by atoms with Gasteiger partial charge in [-0.25, -0.2) is 4.79 Å². The second kappa shape index (κ2) is 14.1. The van der Waals surface area contributed by atoms with Gasteiger partial charge in [-0.2, -0.15) is 0 Å². The first kappa shape index (κ1) is 32.9. The predicted molar refractivity (Wildman–Crippen MR) is 158 cm³/mol. The van der Waals surface area contributed by atoms with Crippen LogP contribution in [-0.4, -0.2) is 77.7 Å². The highest BCUT2D eigenvalue weighted by Crippen LogP contribution is 2.36. The molecule has 4 amide bonds. The molecule has 3 N–H and O–H groups in total. The van der Waals surface area contributed by atoms with Crippen molar-refractivity contribution in [1.29, 1.82) is 5.41 Å². The number of halogens is 4. The molecule has 0 bridgehead atoms. The van der Waals surface area contributed by atoms with E-state index < -0.39 is 40.2 Å². The first-order valence-corrected chi connectivity index (χ1v) is 13.8. The maximum atomic E-state index is 13.4. The molecular weight excluding hydrogens is 636 g/mol. The van der Waals surface area contributed by atoms with Crippen molar-refractivity contribution < 1.29 is 33.4 Å². The van der Waals surface area contributed by atoms with Gasteiger partial charge < -0.3 is 24.6 Å². The third kappa shape index (κ3) is 8.48. The van der Waals surface area contributed by atoms with E-state index in [1.807, 2.05) is 0 Å². The summed E-state index contributed by atoms with van der Waals surface area (Å²) in [4.78, 5) is 65.2. The number of hydrogen-bond donors (Lipinski definition) is 3. The van der Waals surface area contributed by atoms with Gasteiger partial charge in [0.25, 0.3) is 11.8 Å². The summed E-state index contributed by atoms with van der Waals surface area (Å²) in [7, 11) is 1.49. The Morgan fingerprint density at radius 1 is 1.02 bits per heavy atom. The van der Waals surface area contributed by atoms with Crippen molar-refractivity contribution in [1.82, 2.24) is 10.2 Å².